The van der Waals surface area contributed by atoms with E-state index in [4.69, 9.17) is 15.6 Å². The third kappa shape index (κ3) is 4.68. The van der Waals surface area contributed by atoms with Gasteiger partial charge in [-0.15, -0.1) is 0 Å². The van der Waals surface area contributed by atoms with Crippen LogP contribution in [0.25, 0.3) is 0 Å². The topological polar surface area (TPSA) is 58.7 Å². The Morgan fingerprint density at radius 3 is 2.82 bits per heavy atom. The van der Waals surface area contributed by atoms with Gasteiger partial charge in [0.05, 0.1) is 13.2 Å². The molecule has 1 aromatic carbocycles. The Morgan fingerprint density at radius 2 is 2.18 bits per heavy atom. The van der Waals surface area contributed by atoms with Gasteiger partial charge in [0.2, 0.25) is 0 Å². The Balaban J connectivity index is 2.67. The lowest BCUT2D eigenvalue weighted by Crippen LogP contribution is -2.30. The molecule has 0 saturated carbocycles. The average Bonchev–Trinajstić information content (AvgIpc) is 2.31. The highest BCUT2D eigenvalue weighted by Crippen LogP contribution is 2.15. The summed E-state index contributed by atoms with van der Waals surface area (Å²) in [5, 5.41) is 8.95. The molecule has 4 nitrogen and oxygen atoms in total. The van der Waals surface area contributed by atoms with Gasteiger partial charge in [-0.2, -0.15) is 0 Å². The van der Waals surface area contributed by atoms with Crippen LogP contribution >= 0.6 is 0 Å². The number of aliphatic hydroxyl groups is 1. The van der Waals surface area contributed by atoms with E-state index in [1.807, 2.05) is 4.90 Å². The lowest BCUT2D eigenvalue weighted by Gasteiger charge is -2.21. The van der Waals surface area contributed by atoms with Crippen molar-refractivity contribution in [3.63, 3.8) is 0 Å². The van der Waals surface area contributed by atoms with Crippen molar-refractivity contribution in [1.29, 1.82) is 0 Å². The number of ether oxygens (including phenoxy) is 1. The predicted molar refractivity (Wildman–Crippen MR) is 65.1 cm³/mol. The molecule has 0 amide bonds. The summed E-state index contributed by atoms with van der Waals surface area (Å²) in [5.41, 5.74) is 7.07. The van der Waals surface area contributed by atoms with Crippen molar-refractivity contribution < 1.29 is 14.2 Å². The second kappa shape index (κ2) is 7.21. The Morgan fingerprint density at radius 1 is 1.41 bits per heavy atom. The fraction of sp³-hybridized carbons (Fsp3) is 0.500. The molecule has 0 aliphatic rings. The van der Waals surface area contributed by atoms with Crippen LogP contribution in [-0.2, 0) is 11.3 Å². The number of aliphatic hydroxyl groups excluding tert-OH is 1. The van der Waals surface area contributed by atoms with E-state index in [1.54, 1.807) is 13.2 Å². The zero-order valence-electron chi connectivity index (χ0n) is 10.0. The van der Waals surface area contributed by atoms with Crippen LogP contribution < -0.4 is 5.73 Å². The third-order valence-corrected chi connectivity index (χ3v) is 2.53. The number of rotatable bonds is 7. The summed E-state index contributed by atoms with van der Waals surface area (Å²) in [6.07, 6.45) is 0. The van der Waals surface area contributed by atoms with Gasteiger partial charge in [0.1, 0.15) is 5.82 Å². The highest BCUT2D eigenvalue weighted by atomic mass is 19.1. The molecule has 5 heteroatoms. The zero-order chi connectivity index (χ0) is 12.7. The number of hydrogen-bond acceptors (Lipinski definition) is 4. The molecule has 0 spiro atoms. The lowest BCUT2D eigenvalue weighted by atomic mass is 10.1. The maximum Gasteiger partial charge on any atom is 0.123 e. The van der Waals surface area contributed by atoms with E-state index >= 15 is 0 Å². The number of benzene rings is 1. The molecule has 1 rings (SSSR count). The van der Waals surface area contributed by atoms with Gasteiger partial charge in [-0.25, -0.2) is 4.39 Å². The van der Waals surface area contributed by atoms with Gasteiger partial charge in [-0.05, 0) is 23.8 Å². The second-order valence-corrected chi connectivity index (χ2v) is 3.84. The summed E-state index contributed by atoms with van der Waals surface area (Å²) in [4.78, 5) is 1.97. The van der Waals surface area contributed by atoms with Gasteiger partial charge in [-0.3, -0.25) is 4.90 Å². The first-order valence-corrected chi connectivity index (χ1v) is 5.53. The van der Waals surface area contributed by atoms with E-state index in [2.05, 4.69) is 0 Å². The molecule has 17 heavy (non-hydrogen) atoms. The molecule has 0 saturated heterocycles. The molecule has 1 aromatic rings. The number of halogens is 1. The summed E-state index contributed by atoms with van der Waals surface area (Å²) in [7, 11) is 1.62. The van der Waals surface area contributed by atoms with E-state index in [0.29, 0.717) is 31.9 Å². The molecular weight excluding hydrogens is 223 g/mol. The van der Waals surface area contributed by atoms with Gasteiger partial charge >= 0.3 is 0 Å². The molecule has 0 aromatic heterocycles. The van der Waals surface area contributed by atoms with Crippen LogP contribution in [0.3, 0.4) is 0 Å². The maximum atomic E-state index is 13.1. The molecule has 0 radical (unpaired) electrons. The fourth-order valence-corrected chi connectivity index (χ4v) is 1.58. The number of nitrogens with zero attached hydrogens (tertiary/aromatic N) is 1. The number of nitrogen functional groups attached to an aromatic ring is 1. The summed E-state index contributed by atoms with van der Waals surface area (Å²) >= 11 is 0. The zero-order valence-corrected chi connectivity index (χ0v) is 10.0. The normalized spacial score (nSPS) is 11.1. The summed E-state index contributed by atoms with van der Waals surface area (Å²) in [6.45, 7) is 2.31. The Bertz CT molecular complexity index is 347. The summed E-state index contributed by atoms with van der Waals surface area (Å²) in [6, 6.07) is 4.31. The van der Waals surface area contributed by atoms with E-state index in [-0.39, 0.29) is 12.4 Å². The minimum Gasteiger partial charge on any atom is -0.398 e. The number of nitrogens with two attached hydrogens (primary N) is 1. The molecular formula is C12H19FN2O2. The minimum atomic E-state index is -0.301. The second-order valence-electron chi connectivity index (χ2n) is 3.84. The van der Waals surface area contributed by atoms with E-state index in [0.717, 1.165) is 5.56 Å². The van der Waals surface area contributed by atoms with Crippen molar-refractivity contribution in [2.24, 2.45) is 0 Å². The van der Waals surface area contributed by atoms with Crippen LogP contribution in [0.15, 0.2) is 18.2 Å². The highest BCUT2D eigenvalue weighted by Gasteiger charge is 2.08. The first-order chi connectivity index (χ1) is 8.17. The van der Waals surface area contributed by atoms with Crippen LogP contribution in [0.5, 0.6) is 0 Å². The van der Waals surface area contributed by atoms with Crippen LogP contribution in [0.4, 0.5) is 10.1 Å². The Kier molecular flexibility index (Phi) is 5.90. The van der Waals surface area contributed by atoms with Crippen molar-refractivity contribution in [2.75, 3.05) is 39.1 Å². The van der Waals surface area contributed by atoms with E-state index in [1.165, 1.54) is 12.1 Å². The predicted octanol–water partition coefficient (Wildman–Crippen LogP) is 0.849. The van der Waals surface area contributed by atoms with E-state index < -0.39 is 0 Å². The van der Waals surface area contributed by atoms with Gasteiger partial charge in [0.25, 0.3) is 0 Å². The molecule has 0 heterocycles. The van der Waals surface area contributed by atoms with Crippen molar-refractivity contribution in [3.05, 3.63) is 29.6 Å². The molecule has 0 aliphatic heterocycles. The highest BCUT2D eigenvalue weighted by molar-refractivity contribution is 5.46. The molecule has 0 aliphatic carbocycles. The van der Waals surface area contributed by atoms with Crippen LogP contribution in [-0.4, -0.2) is 43.4 Å². The molecule has 0 bridgehead atoms. The van der Waals surface area contributed by atoms with E-state index in [9.17, 15) is 4.39 Å². The molecule has 0 unspecified atom stereocenters. The summed E-state index contributed by atoms with van der Waals surface area (Å²) in [5.74, 6) is -0.301. The molecule has 96 valence electrons. The first-order valence-electron chi connectivity index (χ1n) is 5.53. The fourth-order valence-electron chi connectivity index (χ4n) is 1.58. The van der Waals surface area contributed by atoms with Gasteiger partial charge < -0.3 is 15.6 Å². The first kappa shape index (κ1) is 13.9. The van der Waals surface area contributed by atoms with Gasteiger partial charge in [-0.1, -0.05) is 0 Å². The van der Waals surface area contributed by atoms with Crippen LogP contribution in [0, 0.1) is 5.82 Å². The SMILES string of the molecule is COCCN(CCO)Cc1cc(F)ccc1N. The van der Waals surface area contributed by atoms with Crippen molar-refractivity contribution in [2.45, 2.75) is 6.54 Å². The molecule has 0 fully saturated rings. The monoisotopic (exact) mass is 242 g/mol. The standard InChI is InChI=1S/C12H19FN2O2/c1-17-7-5-15(4-6-16)9-10-8-11(13)2-3-12(10)14/h2-3,8,16H,4-7,9,14H2,1H3. The van der Waals surface area contributed by atoms with Gasteiger partial charge in [0, 0.05) is 32.4 Å². The van der Waals surface area contributed by atoms with Crippen molar-refractivity contribution >= 4 is 5.69 Å². The molecule has 0 atom stereocenters. The number of methoxy groups -OCH3 is 1. The van der Waals surface area contributed by atoms with Crippen LogP contribution in [0.1, 0.15) is 5.56 Å². The lowest BCUT2D eigenvalue weighted by molar-refractivity contribution is 0.127. The number of anilines is 1. The number of hydrogen-bond donors (Lipinski definition) is 2. The Labute approximate surface area is 101 Å². The smallest absolute Gasteiger partial charge is 0.123 e. The summed E-state index contributed by atoms with van der Waals surface area (Å²) < 4.78 is 18.1. The van der Waals surface area contributed by atoms with Gasteiger partial charge in [0.15, 0.2) is 0 Å². The largest absolute Gasteiger partial charge is 0.398 e. The van der Waals surface area contributed by atoms with Crippen molar-refractivity contribution in [3.8, 4) is 0 Å². The van der Waals surface area contributed by atoms with Crippen molar-refractivity contribution in [1.82, 2.24) is 4.90 Å². The third-order valence-electron chi connectivity index (χ3n) is 2.53. The minimum absolute atomic E-state index is 0.0545. The van der Waals surface area contributed by atoms with Crippen LogP contribution in [0.2, 0.25) is 0 Å². The average molecular weight is 242 g/mol. The molecule has 3 N–H and O–H groups in total. The maximum absolute atomic E-state index is 13.1. The Hall–Kier alpha value is -1.17. The quantitative estimate of drug-likeness (QED) is 0.696.